The molecule has 2 N–H and O–H groups in total. The maximum Gasteiger partial charge on any atom is 0.421 e. The number of nitrogens with one attached hydrogen (secondary N) is 2. The number of Topliss-reactive ketones (excluding diaryl/α,β-unsaturated/α-hetero) is 1. The summed E-state index contributed by atoms with van der Waals surface area (Å²) in [5.41, 5.74) is -0.645. The molecule has 0 saturated heterocycles. The van der Waals surface area contributed by atoms with Crippen molar-refractivity contribution >= 4 is 22.1 Å². The van der Waals surface area contributed by atoms with E-state index in [1.54, 1.807) is 25.5 Å². The number of carbonyl (C=O) groups excluding carboxylic acids is 2. The summed E-state index contributed by atoms with van der Waals surface area (Å²) in [5, 5.41) is 0. The monoisotopic (exact) mass is 252 g/mol. The van der Waals surface area contributed by atoms with Crippen LogP contribution in [0.5, 0.6) is 0 Å². The van der Waals surface area contributed by atoms with Gasteiger partial charge in [0.15, 0.2) is 5.78 Å². The maximum absolute atomic E-state index is 11.4. The molecule has 1 amide bonds. The van der Waals surface area contributed by atoms with Crippen LogP contribution in [0, 0.1) is 5.41 Å². The Morgan fingerprint density at radius 1 is 1.25 bits per heavy atom. The first kappa shape index (κ1) is 14.8. The number of carbonyl (C=O) groups is 2. The Balaban J connectivity index is 4.31. The van der Waals surface area contributed by atoms with Crippen LogP contribution in [-0.2, 0) is 19.7 Å². The molecule has 0 rings (SSSR count). The Morgan fingerprint density at radius 3 is 2.12 bits per heavy atom. The van der Waals surface area contributed by atoms with Gasteiger partial charge in [-0.15, -0.1) is 0 Å². The molecule has 0 radical (unpaired) electrons. The van der Waals surface area contributed by atoms with Crippen molar-refractivity contribution in [2.24, 2.45) is 5.41 Å². The van der Waals surface area contributed by atoms with Gasteiger partial charge in [-0.05, 0) is 0 Å². The summed E-state index contributed by atoms with van der Waals surface area (Å²) in [6, 6.07) is 0. The number of amides is 1. The van der Waals surface area contributed by atoms with Crippen molar-refractivity contribution in [2.75, 3.05) is 13.7 Å². The van der Waals surface area contributed by atoms with E-state index in [2.05, 4.69) is 4.74 Å². The second-order valence-electron chi connectivity index (χ2n) is 4.09. The van der Waals surface area contributed by atoms with Gasteiger partial charge in [0.1, 0.15) is 0 Å². The molecule has 0 aromatic rings. The Labute approximate surface area is 94.7 Å². The van der Waals surface area contributed by atoms with Gasteiger partial charge in [-0.3, -0.25) is 4.79 Å². The maximum atomic E-state index is 11.4. The predicted molar refractivity (Wildman–Crippen MR) is 56.9 cm³/mol. The summed E-state index contributed by atoms with van der Waals surface area (Å²) in [7, 11) is -3.01. The molecule has 0 unspecified atom stereocenters. The van der Waals surface area contributed by atoms with Crippen LogP contribution in [-0.4, -0.2) is 33.9 Å². The summed E-state index contributed by atoms with van der Waals surface area (Å²) >= 11 is 0. The molecular formula is C8H16N2O5S. The normalized spacial score (nSPS) is 12.0. The zero-order chi connectivity index (χ0) is 13.0. The van der Waals surface area contributed by atoms with E-state index in [1.807, 2.05) is 4.72 Å². The fraction of sp³-hybridized carbons (Fsp3) is 0.750. The van der Waals surface area contributed by atoms with Crippen LogP contribution >= 0.6 is 0 Å². The lowest BCUT2D eigenvalue weighted by atomic mass is 9.91. The van der Waals surface area contributed by atoms with Crippen LogP contribution in [0.15, 0.2) is 0 Å². The molecule has 16 heavy (non-hydrogen) atoms. The van der Waals surface area contributed by atoms with Gasteiger partial charge in [-0.25, -0.2) is 9.52 Å². The van der Waals surface area contributed by atoms with Crippen LogP contribution in [0.1, 0.15) is 20.8 Å². The van der Waals surface area contributed by atoms with Gasteiger partial charge in [0.2, 0.25) is 0 Å². The zero-order valence-electron chi connectivity index (χ0n) is 9.66. The number of ketones is 1. The number of ether oxygens (including phenoxy) is 1. The van der Waals surface area contributed by atoms with E-state index in [4.69, 9.17) is 0 Å². The number of hydrogen-bond donors (Lipinski definition) is 2. The fourth-order valence-electron chi connectivity index (χ4n) is 0.613. The molecule has 7 nitrogen and oxygen atoms in total. The van der Waals surface area contributed by atoms with E-state index in [1.165, 1.54) is 0 Å². The highest BCUT2D eigenvalue weighted by molar-refractivity contribution is 7.88. The summed E-state index contributed by atoms with van der Waals surface area (Å²) in [4.78, 5) is 22.0. The lowest BCUT2D eigenvalue weighted by molar-refractivity contribution is -0.125. The molecule has 0 fully saturated rings. The lowest BCUT2D eigenvalue weighted by Crippen LogP contribution is -2.44. The van der Waals surface area contributed by atoms with Crippen molar-refractivity contribution in [3.8, 4) is 0 Å². The highest BCUT2D eigenvalue weighted by atomic mass is 32.2. The third-order valence-corrected chi connectivity index (χ3v) is 2.62. The average molecular weight is 252 g/mol. The Morgan fingerprint density at radius 2 is 1.75 bits per heavy atom. The Hall–Kier alpha value is -1.15. The predicted octanol–water partition coefficient (Wildman–Crippen LogP) is -0.208. The molecule has 0 heterocycles. The summed E-state index contributed by atoms with van der Waals surface area (Å²) in [6.07, 6.45) is -1.12. The van der Waals surface area contributed by atoms with Crippen LogP contribution in [0.25, 0.3) is 0 Å². The van der Waals surface area contributed by atoms with Gasteiger partial charge in [0.25, 0.3) is 0 Å². The molecule has 8 heteroatoms. The van der Waals surface area contributed by atoms with Crippen LogP contribution in [0.2, 0.25) is 0 Å². The van der Waals surface area contributed by atoms with Crippen LogP contribution in [0.4, 0.5) is 4.79 Å². The van der Waals surface area contributed by atoms with E-state index in [-0.39, 0.29) is 12.3 Å². The smallest absolute Gasteiger partial charge is 0.421 e. The van der Waals surface area contributed by atoms with Gasteiger partial charge >= 0.3 is 16.3 Å². The molecule has 0 saturated carbocycles. The second kappa shape index (κ2) is 5.26. The molecule has 0 aliphatic heterocycles. The first-order valence-electron chi connectivity index (χ1n) is 4.47. The Bertz CT molecular complexity index is 368. The van der Waals surface area contributed by atoms with Crippen molar-refractivity contribution in [1.29, 1.82) is 0 Å². The molecular weight excluding hydrogens is 236 g/mol. The van der Waals surface area contributed by atoms with Crippen molar-refractivity contribution in [3.05, 3.63) is 0 Å². The van der Waals surface area contributed by atoms with Crippen molar-refractivity contribution in [3.63, 3.8) is 0 Å². The SMILES string of the molecule is COC(=O)NS(=O)(=O)NCC(=O)C(C)(C)C. The fourth-order valence-corrected chi connectivity index (χ4v) is 1.31. The van der Waals surface area contributed by atoms with Crippen LogP contribution in [0.3, 0.4) is 0 Å². The summed E-state index contributed by atoms with van der Waals surface area (Å²) in [6.45, 7) is 4.61. The molecule has 0 aromatic heterocycles. The first-order valence-corrected chi connectivity index (χ1v) is 5.95. The van der Waals surface area contributed by atoms with E-state index < -0.39 is 21.7 Å². The molecule has 94 valence electrons. The number of hydrogen-bond acceptors (Lipinski definition) is 5. The van der Waals surface area contributed by atoms with Gasteiger partial charge in [-0.2, -0.15) is 13.1 Å². The van der Waals surface area contributed by atoms with E-state index in [9.17, 15) is 18.0 Å². The average Bonchev–Trinajstić information content (AvgIpc) is 2.11. The summed E-state index contributed by atoms with van der Waals surface area (Å²) < 4.78 is 29.9. The van der Waals surface area contributed by atoms with Crippen molar-refractivity contribution in [1.82, 2.24) is 9.44 Å². The summed E-state index contributed by atoms with van der Waals surface area (Å²) in [5.74, 6) is -0.289. The Kier molecular flexibility index (Phi) is 4.88. The standard InChI is InChI=1S/C8H16N2O5S/c1-8(2,3)6(11)5-9-16(13,14)10-7(12)15-4/h9H,5H2,1-4H3,(H,10,12). The minimum atomic E-state index is -4.04. The molecule has 0 atom stereocenters. The minimum absolute atomic E-state index is 0.289. The molecule has 0 aliphatic carbocycles. The third kappa shape index (κ3) is 5.66. The highest BCUT2D eigenvalue weighted by Gasteiger charge is 2.23. The van der Waals surface area contributed by atoms with Crippen LogP contribution < -0.4 is 9.44 Å². The lowest BCUT2D eigenvalue weighted by Gasteiger charge is -2.16. The van der Waals surface area contributed by atoms with E-state index in [0.29, 0.717) is 0 Å². The minimum Gasteiger partial charge on any atom is -0.452 e. The first-order chi connectivity index (χ1) is 7.08. The topological polar surface area (TPSA) is 102 Å². The second-order valence-corrected chi connectivity index (χ2v) is 5.59. The van der Waals surface area contributed by atoms with Crippen molar-refractivity contribution < 1.29 is 22.7 Å². The van der Waals surface area contributed by atoms with Gasteiger partial charge in [0.05, 0.1) is 13.7 Å². The van der Waals surface area contributed by atoms with Gasteiger partial charge < -0.3 is 4.74 Å². The molecule has 0 spiro atoms. The third-order valence-electron chi connectivity index (χ3n) is 1.66. The van der Waals surface area contributed by atoms with Gasteiger partial charge in [0, 0.05) is 5.41 Å². The largest absolute Gasteiger partial charge is 0.452 e. The quantitative estimate of drug-likeness (QED) is 0.721. The number of rotatable bonds is 4. The zero-order valence-corrected chi connectivity index (χ0v) is 10.5. The molecule has 0 aromatic carbocycles. The molecule has 0 aliphatic rings. The highest BCUT2D eigenvalue weighted by Crippen LogP contribution is 2.13. The van der Waals surface area contributed by atoms with Crippen molar-refractivity contribution in [2.45, 2.75) is 20.8 Å². The molecule has 0 bridgehead atoms. The number of methoxy groups -OCH3 is 1. The van der Waals surface area contributed by atoms with E-state index >= 15 is 0 Å². The van der Waals surface area contributed by atoms with Gasteiger partial charge in [-0.1, -0.05) is 20.8 Å². The van der Waals surface area contributed by atoms with E-state index in [0.717, 1.165) is 7.11 Å².